The second-order valence-corrected chi connectivity index (χ2v) is 7.04. The highest BCUT2D eigenvalue weighted by Crippen LogP contribution is 2.36. The molecule has 26 heavy (non-hydrogen) atoms. The van der Waals surface area contributed by atoms with Crippen LogP contribution in [0.3, 0.4) is 0 Å². The number of aliphatic hydroxyl groups excluding tert-OH is 1. The van der Waals surface area contributed by atoms with Crippen LogP contribution in [0.5, 0.6) is 0 Å². The van der Waals surface area contributed by atoms with Gasteiger partial charge in [0.1, 0.15) is 5.82 Å². The van der Waals surface area contributed by atoms with Crippen LogP contribution in [0, 0.1) is 6.92 Å². The third-order valence-corrected chi connectivity index (χ3v) is 5.33. The van der Waals surface area contributed by atoms with Gasteiger partial charge >= 0.3 is 0 Å². The minimum absolute atomic E-state index is 0.211. The molecular weight excluding hydrogens is 322 g/mol. The van der Waals surface area contributed by atoms with Gasteiger partial charge in [0.05, 0.1) is 12.1 Å². The van der Waals surface area contributed by atoms with Crippen LogP contribution in [0.25, 0.3) is 10.9 Å². The molecule has 0 bridgehead atoms. The molecule has 2 aromatic carbocycles. The Morgan fingerprint density at radius 2 is 1.88 bits per heavy atom. The zero-order chi connectivity index (χ0) is 17.9. The summed E-state index contributed by atoms with van der Waals surface area (Å²) in [7, 11) is 0. The summed E-state index contributed by atoms with van der Waals surface area (Å²) in [5, 5.41) is 10.5. The number of aromatic nitrogens is 2. The molecule has 134 valence electrons. The van der Waals surface area contributed by atoms with Crippen LogP contribution in [0.2, 0.25) is 0 Å². The van der Waals surface area contributed by atoms with Crippen molar-refractivity contribution in [3.8, 4) is 0 Å². The quantitative estimate of drug-likeness (QED) is 0.737. The van der Waals surface area contributed by atoms with Crippen LogP contribution in [-0.4, -0.2) is 33.1 Å². The number of aryl methyl sites for hydroxylation is 2. The van der Waals surface area contributed by atoms with Crippen molar-refractivity contribution >= 4 is 10.9 Å². The second kappa shape index (κ2) is 7.52. The van der Waals surface area contributed by atoms with Crippen molar-refractivity contribution in [2.75, 3.05) is 13.2 Å². The van der Waals surface area contributed by atoms with Gasteiger partial charge in [-0.1, -0.05) is 42.5 Å². The first-order chi connectivity index (χ1) is 12.8. The van der Waals surface area contributed by atoms with E-state index in [4.69, 9.17) is 9.97 Å². The fourth-order valence-electron chi connectivity index (χ4n) is 4.08. The molecule has 1 unspecified atom stereocenters. The molecular formula is C22H25N3O. The molecule has 1 atom stereocenters. The number of para-hydroxylation sites is 1. The van der Waals surface area contributed by atoms with Crippen LogP contribution in [0.1, 0.15) is 41.5 Å². The second-order valence-electron chi connectivity index (χ2n) is 7.04. The van der Waals surface area contributed by atoms with Gasteiger partial charge in [-0.25, -0.2) is 9.97 Å². The van der Waals surface area contributed by atoms with E-state index >= 15 is 0 Å². The Labute approximate surface area is 154 Å². The molecule has 1 N–H and O–H groups in total. The van der Waals surface area contributed by atoms with E-state index in [9.17, 15) is 5.11 Å². The largest absolute Gasteiger partial charge is 0.396 e. The molecule has 0 aliphatic heterocycles. The van der Waals surface area contributed by atoms with Crippen molar-refractivity contribution in [3.63, 3.8) is 0 Å². The third-order valence-electron chi connectivity index (χ3n) is 5.33. The molecule has 3 aromatic rings. The van der Waals surface area contributed by atoms with Crippen molar-refractivity contribution < 1.29 is 5.11 Å². The molecule has 4 rings (SSSR count). The molecule has 1 heterocycles. The van der Waals surface area contributed by atoms with Crippen molar-refractivity contribution in [1.29, 1.82) is 0 Å². The molecule has 4 heteroatoms. The monoisotopic (exact) mass is 347 g/mol. The number of hydrogen-bond acceptors (Lipinski definition) is 4. The van der Waals surface area contributed by atoms with Gasteiger partial charge in [0.25, 0.3) is 0 Å². The lowest BCUT2D eigenvalue weighted by Crippen LogP contribution is -2.29. The predicted octanol–water partition coefficient (Wildman–Crippen LogP) is 3.81. The van der Waals surface area contributed by atoms with Crippen LogP contribution >= 0.6 is 0 Å². The maximum atomic E-state index is 9.35. The molecule has 0 radical (unpaired) electrons. The highest BCUT2D eigenvalue weighted by atomic mass is 16.3. The summed E-state index contributed by atoms with van der Waals surface area (Å²) in [5.41, 5.74) is 4.90. The van der Waals surface area contributed by atoms with E-state index in [2.05, 4.69) is 48.2 Å². The van der Waals surface area contributed by atoms with Crippen molar-refractivity contribution in [2.45, 2.75) is 38.8 Å². The molecule has 1 aromatic heterocycles. The van der Waals surface area contributed by atoms with E-state index in [1.54, 1.807) is 0 Å². The molecule has 0 fully saturated rings. The fraction of sp³-hybridized carbons (Fsp3) is 0.364. The number of aliphatic hydroxyl groups is 1. The maximum Gasteiger partial charge on any atom is 0.143 e. The molecule has 0 saturated heterocycles. The zero-order valence-corrected chi connectivity index (χ0v) is 15.2. The summed E-state index contributed by atoms with van der Waals surface area (Å²) in [5.74, 6) is 0.864. The van der Waals surface area contributed by atoms with E-state index in [1.807, 2.05) is 12.1 Å². The Bertz CT molecular complexity index is 909. The summed E-state index contributed by atoms with van der Waals surface area (Å²) in [6.07, 6.45) is 3.01. The molecule has 1 aliphatic carbocycles. The first-order valence-corrected chi connectivity index (χ1v) is 9.41. The van der Waals surface area contributed by atoms with Crippen LogP contribution in [0.15, 0.2) is 48.5 Å². The van der Waals surface area contributed by atoms with Gasteiger partial charge in [0.15, 0.2) is 0 Å². The molecule has 0 spiro atoms. The number of benzene rings is 2. The van der Waals surface area contributed by atoms with Crippen LogP contribution in [0.4, 0.5) is 0 Å². The van der Waals surface area contributed by atoms with Gasteiger partial charge in [-0.2, -0.15) is 0 Å². The van der Waals surface area contributed by atoms with E-state index in [0.717, 1.165) is 48.2 Å². The first kappa shape index (κ1) is 17.1. The van der Waals surface area contributed by atoms with Gasteiger partial charge in [0.2, 0.25) is 0 Å². The Balaban J connectivity index is 1.64. The molecule has 1 aliphatic rings. The fourth-order valence-corrected chi connectivity index (χ4v) is 4.08. The summed E-state index contributed by atoms with van der Waals surface area (Å²) < 4.78 is 0. The van der Waals surface area contributed by atoms with Gasteiger partial charge in [-0.15, -0.1) is 0 Å². The van der Waals surface area contributed by atoms with Gasteiger partial charge in [-0.3, -0.25) is 4.90 Å². The highest BCUT2D eigenvalue weighted by Gasteiger charge is 2.28. The van der Waals surface area contributed by atoms with Gasteiger partial charge in [-0.05, 0) is 43.4 Å². The lowest BCUT2D eigenvalue weighted by molar-refractivity contribution is 0.162. The highest BCUT2D eigenvalue weighted by molar-refractivity contribution is 5.80. The Kier molecular flexibility index (Phi) is 4.96. The minimum atomic E-state index is 0.211. The SMILES string of the molecule is Cc1nc(CN(CCCO)C2CCc3ccccc32)nc2ccccc12. The maximum absolute atomic E-state index is 9.35. The average molecular weight is 347 g/mol. The third kappa shape index (κ3) is 3.35. The molecule has 0 saturated carbocycles. The predicted molar refractivity (Wildman–Crippen MR) is 104 cm³/mol. The number of rotatable bonds is 6. The minimum Gasteiger partial charge on any atom is -0.396 e. The summed E-state index contributed by atoms with van der Waals surface area (Å²) in [4.78, 5) is 12.0. The number of nitrogens with zero attached hydrogens (tertiary/aromatic N) is 3. The van der Waals surface area contributed by atoms with Gasteiger partial charge in [0, 0.05) is 30.3 Å². The molecule has 4 nitrogen and oxygen atoms in total. The summed E-state index contributed by atoms with van der Waals surface area (Å²) in [6, 6.07) is 17.3. The average Bonchev–Trinajstić information content (AvgIpc) is 3.09. The standard InChI is InChI=1S/C22H25N3O/c1-16-18-8-4-5-10-20(18)24-22(23-16)15-25(13-6-14-26)21-12-11-17-7-2-3-9-19(17)21/h2-5,7-10,21,26H,6,11-15H2,1H3. The Hall–Kier alpha value is -2.30. The smallest absolute Gasteiger partial charge is 0.143 e. The van der Waals surface area contributed by atoms with Crippen LogP contribution < -0.4 is 0 Å². The van der Waals surface area contributed by atoms with Crippen molar-refractivity contribution in [1.82, 2.24) is 14.9 Å². The molecule has 0 amide bonds. The number of hydrogen-bond donors (Lipinski definition) is 1. The van der Waals surface area contributed by atoms with Gasteiger partial charge < -0.3 is 5.11 Å². The van der Waals surface area contributed by atoms with E-state index in [1.165, 1.54) is 11.1 Å². The number of fused-ring (bicyclic) bond motifs is 2. The van der Waals surface area contributed by atoms with Crippen molar-refractivity contribution in [3.05, 3.63) is 71.2 Å². The van der Waals surface area contributed by atoms with E-state index < -0.39 is 0 Å². The normalized spacial score (nSPS) is 16.3. The first-order valence-electron chi connectivity index (χ1n) is 9.41. The Morgan fingerprint density at radius 1 is 1.08 bits per heavy atom. The lowest BCUT2D eigenvalue weighted by Gasteiger charge is -2.29. The lowest BCUT2D eigenvalue weighted by atomic mass is 10.1. The van der Waals surface area contributed by atoms with Crippen molar-refractivity contribution in [2.24, 2.45) is 0 Å². The topological polar surface area (TPSA) is 49.2 Å². The zero-order valence-electron chi connectivity index (χ0n) is 15.2. The van der Waals surface area contributed by atoms with E-state index in [-0.39, 0.29) is 6.61 Å². The van der Waals surface area contributed by atoms with Crippen LogP contribution in [-0.2, 0) is 13.0 Å². The van der Waals surface area contributed by atoms with E-state index in [0.29, 0.717) is 12.6 Å². The summed E-state index contributed by atoms with van der Waals surface area (Å²) >= 11 is 0. The Morgan fingerprint density at radius 3 is 2.77 bits per heavy atom. The summed E-state index contributed by atoms with van der Waals surface area (Å²) in [6.45, 7) is 3.83.